The molecule has 21 heavy (non-hydrogen) atoms. The minimum Gasteiger partial charge on any atom is -0.464 e. The van der Waals surface area contributed by atoms with Crippen LogP contribution in [0.4, 0.5) is 5.82 Å². The van der Waals surface area contributed by atoms with Crippen LogP contribution in [0.15, 0.2) is 18.3 Å². The van der Waals surface area contributed by atoms with E-state index in [1.54, 1.807) is 0 Å². The molecular weight excluding hydrogens is 266 g/mol. The van der Waals surface area contributed by atoms with Gasteiger partial charge < -0.3 is 15.0 Å². The molecule has 2 rings (SSSR count). The average molecular weight is 291 g/mol. The molecule has 0 saturated carbocycles. The van der Waals surface area contributed by atoms with Crippen molar-refractivity contribution in [2.45, 2.75) is 39.2 Å². The zero-order chi connectivity index (χ0) is 15.5. The minimum atomic E-state index is -0.299. The molecule has 1 aromatic rings. The SMILES string of the molecule is CCOC(=O)C1CNCCN1c1ccc(C(C)(C)C)cn1. The summed E-state index contributed by atoms with van der Waals surface area (Å²) in [5.74, 6) is 0.647. The van der Waals surface area contributed by atoms with Crippen LogP contribution in [-0.4, -0.2) is 43.2 Å². The Hall–Kier alpha value is -1.62. The molecule has 0 bridgehead atoms. The highest BCUT2D eigenvalue weighted by atomic mass is 16.5. The first kappa shape index (κ1) is 15.8. The molecule has 1 unspecified atom stereocenters. The van der Waals surface area contributed by atoms with Gasteiger partial charge in [-0.2, -0.15) is 0 Å². The zero-order valence-corrected chi connectivity index (χ0v) is 13.3. The molecule has 0 radical (unpaired) electrons. The molecule has 0 amide bonds. The standard InChI is InChI=1S/C16H25N3O2/c1-5-21-15(20)13-11-17-8-9-19(13)14-7-6-12(10-18-14)16(2,3)4/h6-7,10,13,17H,5,8-9,11H2,1-4H3. The monoisotopic (exact) mass is 291 g/mol. The second kappa shape index (κ2) is 6.43. The zero-order valence-electron chi connectivity index (χ0n) is 13.3. The number of piperazine rings is 1. The van der Waals surface area contributed by atoms with Gasteiger partial charge in [0.1, 0.15) is 11.9 Å². The summed E-state index contributed by atoms with van der Waals surface area (Å²) in [5, 5.41) is 3.24. The maximum atomic E-state index is 12.1. The highest BCUT2D eigenvalue weighted by Crippen LogP contribution is 2.24. The van der Waals surface area contributed by atoms with E-state index in [1.807, 2.05) is 24.1 Å². The van der Waals surface area contributed by atoms with Gasteiger partial charge in [-0.05, 0) is 24.0 Å². The van der Waals surface area contributed by atoms with E-state index in [2.05, 4.69) is 37.1 Å². The first-order chi connectivity index (χ1) is 9.93. The van der Waals surface area contributed by atoms with Crippen molar-refractivity contribution < 1.29 is 9.53 Å². The number of ether oxygens (including phenoxy) is 1. The van der Waals surface area contributed by atoms with Gasteiger partial charge in [0.15, 0.2) is 0 Å². The van der Waals surface area contributed by atoms with Crippen molar-refractivity contribution in [2.75, 3.05) is 31.1 Å². The Morgan fingerprint density at radius 3 is 2.81 bits per heavy atom. The van der Waals surface area contributed by atoms with E-state index in [-0.39, 0.29) is 17.4 Å². The smallest absolute Gasteiger partial charge is 0.330 e. The molecule has 1 aromatic heterocycles. The molecule has 1 aliphatic heterocycles. The number of anilines is 1. The molecule has 0 aromatic carbocycles. The lowest BCUT2D eigenvalue weighted by molar-refractivity contribution is -0.144. The van der Waals surface area contributed by atoms with Crippen LogP contribution in [0.1, 0.15) is 33.3 Å². The van der Waals surface area contributed by atoms with Crippen molar-refractivity contribution in [3.8, 4) is 0 Å². The molecule has 1 N–H and O–H groups in total. The highest BCUT2D eigenvalue weighted by Gasteiger charge is 2.30. The maximum Gasteiger partial charge on any atom is 0.330 e. The molecule has 1 saturated heterocycles. The number of rotatable bonds is 3. The van der Waals surface area contributed by atoms with Crippen LogP contribution in [0.25, 0.3) is 0 Å². The Bertz CT molecular complexity index is 479. The van der Waals surface area contributed by atoms with E-state index in [0.717, 1.165) is 18.9 Å². The third-order valence-electron chi connectivity index (χ3n) is 3.71. The largest absolute Gasteiger partial charge is 0.464 e. The Kier molecular flexibility index (Phi) is 4.83. The number of nitrogens with zero attached hydrogens (tertiary/aromatic N) is 2. The van der Waals surface area contributed by atoms with Gasteiger partial charge in [0.2, 0.25) is 0 Å². The molecule has 5 heteroatoms. The molecule has 1 fully saturated rings. The second-order valence-corrected chi connectivity index (χ2v) is 6.32. The normalized spacial score (nSPS) is 19.4. The Morgan fingerprint density at radius 1 is 1.48 bits per heavy atom. The maximum absolute atomic E-state index is 12.1. The molecule has 1 atom stereocenters. The Morgan fingerprint density at radius 2 is 2.24 bits per heavy atom. The molecule has 2 heterocycles. The fourth-order valence-corrected chi connectivity index (χ4v) is 2.43. The van der Waals surface area contributed by atoms with E-state index in [9.17, 15) is 4.79 Å². The van der Waals surface area contributed by atoms with Crippen LogP contribution in [0.5, 0.6) is 0 Å². The number of hydrogen-bond acceptors (Lipinski definition) is 5. The van der Waals surface area contributed by atoms with Crippen LogP contribution >= 0.6 is 0 Å². The molecule has 0 aliphatic carbocycles. The topological polar surface area (TPSA) is 54.5 Å². The first-order valence-electron chi connectivity index (χ1n) is 7.54. The van der Waals surface area contributed by atoms with Crippen molar-refractivity contribution in [1.29, 1.82) is 0 Å². The highest BCUT2D eigenvalue weighted by molar-refractivity contribution is 5.80. The average Bonchev–Trinajstić information content (AvgIpc) is 2.47. The van der Waals surface area contributed by atoms with Gasteiger partial charge in [-0.15, -0.1) is 0 Å². The lowest BCUT2D eigenvalue weighted by Gasteiger charge is -2.35. The molecule has 5 nitrogen and oxygen atoms in total. The van der Waals surface area contributed by atoms with Gasteiger partial charge in [0.05, 0.1) is 6.61 Å². The predicted octanol–water partition coefficient (Wildman–Crippen LogP) is 1.72. The van der Waals surface area contributed by atoms with Gasteiger partial charge >= 0.3 is 5.97 Å². The number of esters is 1. The number of aromatic nitrogens is 1. The summed E-state index contributed by atoms with van der Waals surface area (Å²) in [6.07, 6.45) is 1.90. The first-order valence-corrected chi connectivity index (χ1v) is 7.54. The van der Waals surface area contributed by atoms with Crippen LogP contribution < -0.4 is 10.2 Å². The minimum absolute atomic E-state index is 0.0789. The van der Waals surface area contributed by atoms with Crippen molar-refractivity contribution in [3.05, 3.63) is 23.9 Å². The lowest BCUT2D eigenvalue weighted by atomic mass is 9.88. The van der Waals surface area contributed by atoms with Crippen molar-refractivity contribution >= 4 is 11.8 Å². The second-order valence-electron chi connectivity index (χ2n) is 6.32. The van der Waals surface area contributed by atoms with E-state index < -0.39 is 0 Å². The third kappa shape index (κ3) is 3.73. The molecule has 0 spiro atoms. The molecule has 116 valence electrons. The summed E-state index contributed by atoms with van der Waals surface area (Å²) in [4.78, 5) is 18.7. The Labute approximate surface area is 126 Å². The summed E-state index contributed by atoms with van der Waals surface area (Å²) >= 11 is 0. The fourth-order valence-electron chi connectivity index (χ4n) is 2.43. The van der Waals surface area contributed by atoms with E-state index in [1.165, 1.54) is 5.56 Å². The van der Waals surface area contributed by atoms with Crippen molar-refractivity contribution in [2.24, 2.45) is 0 Å². The molecule has 1 aliphatic rings. The van der Waals surface area contributed by atoms with Gasteiger partial charge in [0.25, 0.3) is 0 Å². The van der Waals surface area contributed by atoms with Crippen LogP contribution in [-0.2, 0) is 14.9 Å². The number of carbonyl (C=O) groups is 1. The van der Waals surface area contributed by atoms with Gasteiger partial charge in [-0.3, -0.25) is 0 Å². The summed E-state index contributed by atoms with van der Waals surface area (Å²) in [7, 11) is 0. The predicted molar refractivity (Wildman–Crippen MR) is 83.6 cm³/mol. The third-order valence-corrected chi connectivity index (χ3v) is 3.71. The van der Waals surface area contributed by atoms with Crippen LogP contribution in [0, 0.1) is 0 Å². The van der Waals surface area contributed by atoms with E-state index in [0.29, 0.717) is 13.2 Å². The number of hydrogen-bond donors (Lipinski definition) is 1. The van der Waals surface area contributed by atoms with Gasteiger partial charge in [-0.1, -0.05) is 26.8 Å². The summed E-state index contributed by atoms with van der Waals surface area (Å²) in [6, 6.07) is 3.79. The van der Waals surface area contributed by atoms with Crippen molar-refractivity contribution in [1.82, 2.24) is 10.3 Å². The summed E-state index contributed by atoms with van der Waals surface area (Å²) in [6.45, 7) is 10.9. The number of carbonyl (C=O) groups excluding carboxylic acids is 1. The van der Waals surface area contributed by atoms with E-state index in [4.69, 9.17) is 4.74 Å². The quantitative estimate of drug-likeness (QED) is 0.859. The van der Waals surface area contributed by atoms with E-state index >= 15 is 0 Å². The number of pyridine rings is 1. The van der Waals surface area contributed by atoms with Crippen molar-refractivity contribution in [3.63, 3.8) is 0 Å². The summed E-state index contributed by atoms with van der Waals surface area (Å²) in [5.41, 5.74) is 1.27. The number of nitrogens with one attached hydrogen (secondary N) is 1. The van der Waals surface area contributed by atoms with Gasteiger partial charge in [-0.25, -0.2) is 9.78 Å². The van der Waals surface area contributed by atoms with Crippen LogP contribution in [0.2, 0.25) is 0 Å². The lowest BCUT2D eigenvalue weighted by Crippen LogP contribution is -2.56. The Balaban J connectivity index is 2.19. The fraction of sp³-hybridized carbons (Fsp3) is 0.625. The summed E-state index contributed by atoms with van der Waals surface area (Å²) < 4.78 is 5.16. The van der Waals surface area contributed by atoms with Crippen LogP contribution in [0.3, 0.4) is 0 Å². The molecular formula is C16H25N3O2. The van der Waals surface area contributed by atoms with Gasteiger partial charge in [0, 0.05) is 25.8 Å².